The van der Waals surface area contributed by atoms with Crippen LogP contribution in [0.5, 0.6) is 0 Å². The third kappa shape index (κ3) is 3.54. The number of hydrogen-bond acceptors (Lipinski definition) is 4. The number of nitrogens with zero attached hydrogens (tertiary/aromatic N) is 1. The fourth-order valence-electron chi connectivity index (χ4n) is 2.36. The average molecular weight is 371 g/mol. The van der Waals surface area contributed by atoms with Crippen LogP contribution in [-0.2, 0) is 4.79 Å². The Kier molecular flexibility index (Phi) is 4.63. The van der Waals surface area contributed by atoms with Crippen LogP contribution in [0, 0.1) is 0 Å². The van der Waals surface area contributed by atoms with Gasteiger partial charge in [-0.2, -0.15) is 0 Å². The fourth-order valence-corrected chi connectivity index (χ4v) is 4.92. The maximum Gasteiger partial charge on any atom is 0.236 e. The van der Waals surface area contributed by atoms with Gasteiger partial charge in [0.15, 0.2) is 5.13 Å². The van der Waals surface area contributed by atoms with Gasteiger partial charge in [-0.15, -0.1) is 11.8 Å². The van der Waals surface area contributed by atoms with Gasteiger partial charge >= 0.3 is 0 Å². The molecule has 0 bridgehead atoms. The minimum atomic E-state index is 0.0556. The van der Waals surface area contributed by atoms with E-state index in [0.29, 0.717) is 16.1 Å². The second-order valence-electron chi connectivity index (χ2n) is 4.90. The summed E-state index contributed by atoms with van der Waals surface area (Å²) in [5.74, 6) is 0.588. The summed E-state index contributed by atoms with van der Waals surface area (Å²) in [6.07, 6.45) is 5.14. The zero-order valence-electron chi connectivity index (χ0n) is 10.9. The SMILES string of the molecule is O=C(CSC1CCCC1)Nc1nc2ccc(Br)cc2s1. The lowest BCUT2D eigenvalue weighted by molar-refractivity contribution is -0.113. The van der Waals surface area contributed by atoms with E-state index in [9.17, 15) is 4.79 Å². The number of nitrogens with one attached hydrogen (secondary N) is 1. The smallest absolute Gasteiger partial charge is 0.236 e. The van der Waals surface area contributed by atoms with E-state index in [-0.39, 0.29) is 5.91 Å². The predicted molar refractivity (Wildman–Crippen MR) is 90.7 cm³/mol. The van der Waals surface area contributed by atoms with Gasteiger partial charge < -0.3 is 5.32 Å². The molecule has 0 radical (unpaired) electrons. The maximum atomic E-state index is 11.9. The Morgan fingerprint density at radius 1 is 1.45 bits per heavy atom. The quantitative estimate of drug-likeness (QED) is 0.849. The van der Waals surface area contributed by atoms with Gasteiger partial charge in [0, 0.05) is 9.72 Å². The molecule has 1 amide bonds. The zero-order chi connectivity index (χ0) is 13.9. The van der Waals surface area contributed by atoms with E-state index in [1.807, 2.05) is 18.2 Å². The van der Waals surface area contributed by atoms with Crippen LogP contribution in [0.15, 0.2) is 22.7 Å². The highest BCUT2D eigenvalue weighted by molar-refractivity contribution is 9.10. The van der Waals surface area contributed by atoms with Crippen LogP contribution in [-0.4, -0.2) is 21.9 Å². The van der Waals surface area contributed by atoms with Crippen molar-refractivity contribution >= 4 is 60.3 Å². The van der Waals surface area contributed by atoms with Crippen LogP contribution < -0.4 is 5.32 Å². The van der Waals surface area contributed by atoms with Crippen LogP contribution in [0.4, 0.5) is 5.13 Å². The summed E-state index contributed by atoms with van der Waals surface area (Å²) in [6.45, 7) is 0. The highest BCUT2D eigenvalue weighted by Crippen LogP contribution is 2.30. The van der Waals surface area contributed by atoms with Gasteiger partial charge in [0.2, 0.25) is 5.91 Å². The molecule has 0 saturated heterocycles. The molecule has 0 unspecified atom stereocenters. The Labute approximate surface area is 134 Å². The highest BCUT2D eigenvalue weighted by Gasteiger charge is 2.17. The van der Waals surface area contributed by atoms with Gasteiger partial charge in [0.1, 0.15) is 0 Å². The number of amides is 1. The van der Waals surface area contributed by atoms with Crippen LogP contribution >= 0.6 is 39.0 Å². The average Bonchev–Trinajstić information content (AvgIpc) is 3.04. The number of aromatic nitrogens is 1. The molecule has 20 heavy (non-hydrogen) atoms. The molecule has 0 atom stereocenters. The third-order valence-electron chi connectivity index (χ3n) is 3.35. The molecule has 1 aliphatic rings. The molecule has 1 fully saturated rings. The van der Waals surface area contributed by atoms with Crippen molar-refractivity contribution in [2.45, 2.75) is 30.9 Å². The second-order valence-corrected chi connectivity index (χ2v) is 8.13. The number of thiazole rings is 1. The number of thioether (sulfide) groups is 1. The third-order valence-corrected chi connectivity index (χ3v) is 6.15. The summed E-state index contributed by atoms with van der Waals surface area (Å²) in [5.41, 5.74) is 0.928. The van der Waals surface area contributed by atoms with Gasteiger partial charge in [-0.1, -0.05) is 40.1 Å². The van der Waals surface area contributed by atoms with E-state index in [0.717, 1.165) is 14.7 Å². The normalized spacial score (nSPS) is 15.8. The van der Waals surface area contributed by atoms with Crippen molar-refractivity contribution in [2.75, 3.05) is 11.1 Å². The Hall–Kier alpha value is -0.590. The minimum absolute atomic E-state index is 0.0556. The Morgan fingerprint density at radius 3 is 3.05 bits per heavy atom. The summed E-state index contributed by atoms with van der Waals surface area (Å²) >= 11 is 6.74. The molecule has 1 N–H and O–H groups in total. The number of fused-ring (bicyclic) bond motifs is 1. The fraction of sp³-hybridized carbons (Fsp3) is 0.429. The number of rotatable bonds is 4. The molecular formula is C14H15BrN2OS2. The topological polar surface area (TPSA) is 42.0 Å². The number of halogens is 1. The molecule has 1 saturated carbocycles. The largest absolute Gasteiger partial charge is 0.301 e. The predicted octanol–water partition coefficient (Wildman–Crippen LogP) is 4.67. The van der Waals surface area contributed by atoms with Gasteiger partial charge in [0.05, 0.1) is 16.0 Å². The Morgan fingerprint density at radius 2 is 2.25 bits per heavy atom. The van der Waals surface area contributed by atoms with Crippen molar-refractivity contribution in [1.29, 1.82) is 0 Å². The van der Waals surface area contributed by atoms with Crippen molar-refractivity contribution < 1.29 is 4.79 Å². The summed E-state index contributed by atoms with van der Waals surface area (Å²) in [4.78, 5) is 16.4. The van der Waals surface area contributed by atoms with Crippen LogP contribution in [0.3, 0.4) is 0 Å². The van der Waals surface area contributed by atoms with E-state index in [2.05, 4.69) is 26.2 Å². The van der Waals surface area contributed by atoms with Crippen molar-refractivity contribution in [3.8, 4) is 0 Å². The monoisotopic (exact) mass is 370 g/mol. The molecule has 2 aromatic rings. The van der Waals surface area contributed by atoms with Gasteiger partial charge in [-0.05, 0) is 31.0 Å². The van der Waals surface area contributed by atoms with Crippen molar-refractivity contribution in [1.82, 2.24) is 4.98 Å². The van der Waals surface area contributed by atoms with Crippen molar-refractivity contribution in [3.63, 3.8) is 0 Å². The molecule has 106 valence electrons. The molecular weight excluding hydrogens is 356 g/mol. The number of anilines is 1. The van der Waals surface area contributed by atoms with Gasteiger partial charge in [-0.25, -0.2) is 4.98 Å². The van der Waals surface area contributed by atoms with E-state index in [1.54, 1.807) is 11.8 Å². The molecule has 0 aliphatic heterocycles. The molecule has 3 rings (SSSR count). The van der Waals surface area contributed by atoms with E-state index in [4.69, 9.17) is 0 Å². The number of carbonyl (C=O) groups is 1. The van der Waals surface area contributed by atoms with E-state index in [1.165, 1.54) is 37.0 Å². The Bertz CT molecular complexity index is 623. The molecule has 6 heteroatoms. The maximum absolute atomic E-state index is 11.9. The summed E-state index contributed by atoms with van der Waals surface area (Å²) in [7, 11) is 0. The first-order valence-corrected chi connectivity index (χ1v) is 9.34. The lowest BCUT2D eigenvalue weighted by atomic mass is 10.3. The Balaban J connectivity index is 1.59. The molecule has 1 heterocycles. The lowest BCUT2D eigenvalue weighted by Crippen LogP contribution is -2.15. The standard InChI is InChI=1S/C14H15BrN2OS2/c15-9-5-6-11-12(7-9)20-14(16-11)17-13(18)8-19-10-3-1-2-4-10/h5-7,10H,1-4,8H2,(H,16,17,18). The summed E-state index contributed by atoms with van der Waals surface area (Å²) < 4.78 is 2.11. The number of benzene rings is 1. The van der Waals surface area contributed by atoms with Gasteiger partial charge in [0.25, 0.3) is 0 Å². The van der Waals surface area contributed by atoms with Crippen LogP contribution in [0.1, 0.15) is 25.7 Å². The van der Waals surface area contributed by atoms with Crippen molar-refractivity contribution in [3.05, 3.63) is 22.7 Å². The zero-order valence-corrected chi connectivity index (χ0v) is 14.1. The lowest BCUT2D eigenvalue weighted by Gasteiger charge is -2.07. The van der Waals surface area contributed by atoms with Crippen molar-refractivity contribution in [2.24, 2.45) is 0 Å². The van der Waals surface area contributed by atoms with Crippen LogP contribution in [0.2, 0.25) is 0 Å². The highest BCUT2D eigenvalue weighted by atomic mass is 79.9. The van der Waals surface area contributed by atoms with Crippen LogP contribution in [0.25, 0.3) is 10.2 Å². The second kappa shape index (κ2) is 6.45. The minimum Gasteiger partial charge on any atom is -0.301 e. The summed E-state index contributed by atoms with van der Waals surface area (Å²) in [5, 5.41) is 4.27. The first-order valence-electron chi connectivity index (χ1n) is 6.68. The van der Waals surface area contributed by atoms with E-state index >= 15 is 0 Å². The molecule has 0 spiro atoms. The molecule has 1 aromatic heterocycles. The molecule has 1 aromatic carbocycles. The number of hydrogen-bond donors (Lipinski definition) is 1. The first kappa shape index (κ1) is 14.4. The molecule has 3 nitrogen and oxygen atoms in total. The first-order chi connectivity index (χ1) is 9.70. The van der Waals surface area contributed by atoms with E-state index < -0.39 is 0 Å². The van der Waals surface area contributed by atoms with Gasteiger partial charge in [-0.3, -0.25) is 4.79 Å². The summed E-state index contributed by atoms with van der Waals surface area (Å²) in [6, 6.07) is 5.94. The molecule has 1 aliphatic carbocycles. The number of carbonyl (C=O) groups excluding carboxylic acids is 1.